The second kappa shape index (κ2) is 4.25. The number of carboxylic acid groups (broad SMARTS) is 1. The third-order valence-electron chi connectivity index (χ3n) is 2.86. The average Bonchev–Trinajstić information content (AvgIpc) is 2.85. The van der Waals surface area contributed by atoms with Crippen molar-refractivity contribution in [1.82, 2.24) is 10.2 Å². The van der Waals surface area contributed by atoms with E-state index in [1.807, 2.05) is 4.90 Å². The van der Waals surface area contributed by atoms with Crippen molar-refractivity contribution in [1.29, 1.82) is 0 Å². The molecule has 6 heteroatoms. The molecule has 1 saturated heterocycles. The lowest BCUT2D eigenvalue weighted by atomic mass is 9.98. The van der Waals surface area contributed by atoms with Crippen molar-refractivity contribution in [2.24, 2.45) is 5.92 Å². The first-order valence-electron chi connectivity index (χ1n) is 5.69. The van der Waals surface area contributed by atoms with E-state index in [1.54, 1.807) is 11.3 Å². The number of aromatic nitrogens is 2. The van der Waals surface area contributed by atoms with Gasteiger partial charge in [0, 0.05) is 18.5 Å². The van der Waals surface area contributed by atoms with Crippen LogP contribution >= 0.6 is 11.3 Å². The van der Waals surface area contributed by atoms with Crippen LogP contribution in [0.5, 0.6) is 0 Å². The number of hydrogen-bond donors (Lipinski definition) is 1. The standard InChI is InChI=1S/C11H17N3O2S/c1-11(2,3)9-12-13-10(17-9)14-5-4-7(6-14)8(15)16/h7H,4-6H2,1-3H3,(H,15,16). The fraction of sp³-hybridized carbons (Fsp3) is 0.727. The maximum absolute atomic E-state index is 10.9. The second-order valence-corrected chi connectivity index (χ2v) is 6.37. The zero-order valence-corrected chi connectivity index (χ0v) is 11.1. The predicted octanol–water partition coefficient (Wildman–Crippen LogP) is 1.75. The molecule has 1 atom stereocenters. The van der Waals surface area contributed by atoms with E-state index >= 15 is 0 Å². The van der Waals surface area contributed by atoms with Crippen molar-refractivity contribution >= 4 is 22.4 Å². The highest BCUT2D eigenvalue weighted by molar-refractivity contribution is 7.15. The first-order chi connectivity index (χ1) is 7.88. The van der Waals surface area contributed by atoms with Crippen molar-refractivity contribution in [2.75, 3.05) is 18.0 Å². The molecule has 1 N–H and O–H groups in total. The number of aliphatic carboxylic acids is 1. The number of carboxylic acids is 1. The summed E-state index contributed by atoms with van der Waals surface area (Å²) in [6, 6.07) is 0. The number of carbonyl (C=O) groups is 1. The van der Waals surface area contributed by atoms with Crippen molar-refractivity contribution in [3.63, 3.8) is 0 Å². The Balaban J connectivity index is 2.10. The van der Waals surface area contributed by atoms with Gasteiger partial charge in [0.2, 0.25) is 5.13 Å². The Bertz CT molecular complexity index is 425. The van der Waals surface area contributed by atoms with E-state index in [1.165, 1.54) is 0 Å². The fourth-order valence-corrected chi connectivity index (χ4v) is 2.72. The maximum Gasteiger partial charge on any atom is 0.308 e. The molecule has 0 aromatic carbocycles. The maximum atomic E-state index is 10.9. The highest BCUT2D eigenvalue weighted by atomic mass is 32.1. The summed E-state index contributed by atoms with van der Waals surface area (Å²) in [5.74, 6) is -0.981. The van der Waals surface area contributed by atoms with E-state index in [0.717, 1.165) is 16.7 Å². The largest absolute Gasteiger partial charge is 0.481 e. The fourth-order valence-electron chi connectivity index (χ4n) is 1.78. The van der Waals surface area contributed by atoms with Crippen LogP contribution in [0.2, 0.25) is 0 Å². The molecule has 0 spiro atoms. The quantitative estimate of drug-likeness (QED) is 0.872. The van der Waals surface area contributed by atoms with Gasteiger partial charge in [0.25, 0.3) is 0 Å². The molecule has 2 heterocycles. The van der Waals surface area contributed by atoms with Crippen LogP contribution in [0.15, 0.2) is 0 Å². The molecule has 0 bridgehead atoms. The van der Waals surface area contributed by atoms with E-state index in [0.29, 0.717) is 13.0 Å². The van der Waals surface area contributed by atoms with Crippen LogP contribution in [0, 0.1) is 5.92 Å². The first-order valence-corrected chi connectivity index (χ1v) is 6.51. The first kappa shape index (κ1) is 12.3. The Morgan fingerprint density at radius 1 is 1.47 bits per heavy atom. The molecule has 0 radical (unpaired) electrons. The lowest BCUT2D eigenvalue weighted by Gasteiger charge is -2.14. The molecule has 1 unspecified atom stereocenters. The second-order valence-electron chi connectivity index (χ2n) is 5.41. The van der Waals surface area contributed by atoms with E-state index in [2.05, 4.69) is 31.0 Å². The van der Waals surface area contributed by atoms with Gasteiger partial charge in [-0.3, -0.25) is 4.79 Å². The van der Waals surface area contributed by atoms with Crippen LogP contribution in [0.4, 0.5) is 5.13 Å². The summed E-state index contributed by atoms with van der Waals surface area (Å²) in [7, 11) is 0. The van der Waals surface area contributed by atoms with Crippen LogP contribution < -0.4 is 4.90 Å². The lowest BCUT2D eigenvalue weighted by Crippen LogP contribution is -2.22. The van der Waals surface area contributed by atoms with Crippen molar-refractivity contribution in [3.8, 4) is 0 Å². The van der Waals surface area contributed by atoms with E-state index in [9.17, 15) is 4.79 Å². The van der Waals surface area contributed by atoms with E-state index < -0.39 is 5.97 Å². The van der Waals surface area contributed by atoms with Gasteiger partial charge in [-0.15, -0.1) is 10.2 Å². The van der Waals surface area contributed by atoms with Crippen LogP contribution in [0.1, 0.15) is 32.2 Å². The van der Waals surface area contributed by atoms with Crippen molar-refractivity contribution < 1.29 is 9.90 Å². The molecule has 0 saturated carbocycles. The normalized spacial score (nSPS) is 20.9. The molecular formula is C11H17N3O2S. The molecular weight excluding hydrogens is 238 g/mol. The number of anilines is 1. The van der Waals surface area contributed by atoms with Gasteiger partial charge in [-0.1, -0.05) is 32.1 Å². The number of hydrogen-bond acceptors (Lipinski definition) is 5. The molecule has 5 nitrogen and oxygen atoms in total. The Kier molecular flexibility index (Phi) is 3.07. The summed E-state index contributed by atoms with van der Waals surface area (Å²) < 4.78 is 0. The molecule has 0 amide bonds. The lowest BCUT2D eigenvalue weighted by molar-refractivity contribution is -0.140. The molecule has 1 aromatic heterocycles. The Hall–Kier alpha value is -1.17. The summed E-state index contributed by atoms with van der Waals surface area (Å²) in [5.41, 5.74) is 0.00183. The van der Waals surface area contributed by atoms with Gasteiger partial charge >= 0.3 is 5.97 Å². The molecule has 1 fully saturated rings. The molecule has 1 aliphatic rings. The van der Waals surface area contributed by atoms with Gasteiger partial charge in [-0.25, -0.2) is 0 Å². The smallest absolute Gasteiger partial charge is 0.308 e. The Labute approximate surface area is 104 Å². The minimum absolute atomic E-state index is 0.00183. The third-order valence-corrected chi connectivity index (χ3v) is 4.27. The van der Waals surface area contributed by atoms with Crippen molar-refractivity contribution in [2.45, 2.75) is 32.6 Å². The van der Waals surface area contributed by atoms with Crippen molar-refractivity contribution in [3.05, 3.63) is 5.01 Å². The zero-order valence-electron chi connectivity index (χ0n) is 10.3. The molecule has 0 aliphatic carbocycles. The topological polar surface area (TPSA) is 66.3 Å². The number of rotatable bonds is 2. The molecule has 2 rings (SSSR count). The minimum Gasteiger partial charge on any atom is -0.481 e. The van der Waals surface area contributed by atoms with Gasteiger partial charge in [-0.2, -0.15) is 0 Å². The monoisotopic (exact) mass is 255 g/mol. The number of nitrogens with zero attached hydrogens (tertiary/aromatic N) is 3. The summed E-state index contributed by atoms with van der Waals surface area (Å²) in [4.78, 5) is 12.9. The van der Waals surface area contributed by atoms with Crippen LogP contribution in [0.25, 0.3) is 0 Å². The van der Waals surface area contributed by atoms with Gasteiger partial charge in [-0.05, 0) is 6.42 Å². The van der Waals surface area contributed by atoms with Gasteiger partial charge in [0.05, 0.1) is 5.92 Å². The zero-order chi connectivity index (χ0) is 12.6. The van der Waals surface area contributed by atoms with Crippen LogP contribution in [-0.4, -0.2) is 34.4 Å². The summed E-state index contributed by atoms with van der Waals surface area (Å²) in [6.07, 6.45) is 0.694. The van der Waals surface area contributed by atoms with Gasteiger partial charge in [0.15, 0.2) is 0 Å². The van der Waals surface area contributed by atoms with Crippen LogP contribution in [-0.2, 0) is 10.2 Å². The van der Waals surface area contributed by atoms with Gasteiger partial charge in [0.1, 0.15) is 5.01 Å². The molecule has 1 aromatic rings. The summed E-state index contributed by atoms with van der Waals surface area (Å²) in [6.45, 7) is 7.60. The predicted molar refractivity (Wildman–Crippen MR) is 66.6 cm³/mol. The van der Waals surface area contributed by atoms with E-state index in [4.69, 9.17) is 5.11 Å². The van der Waals surface area contributed by atoms with E-state index in [-0.39, 0.29) is 11.3 Å². The minimum atomic E-state index is -0.715. The Morgan fingerprint density at radius 2 is 2.18 bits per heavy atom. The third kappa shape index (κ3) is 2.57. The summed E-state index contributed by atoms with van der Waals surface area (Å²) >= 11 is 1.56. The average molecular weight is 255 g/mol. The highest BCUT2D eigenvalue weighted by Crippen LogP contribution is 2.32. The molecule has 94 valence electrons. The summed E-state index contributed by atoms with van der Waals surface area (Å²) in [5, 5.41) is 19.1. The van der Waals surface area contributed by atoms with Crippen LogP contribution in [0.3, 0.4) is 0 Å². The van der Waals surface area contributed by atoms with Gasteiger partial charge < -0.3 is 10.0 Å². The molecule has 17 heavy (non-hydrogen) atoms. The SMILES string of the molecule is CC(C)(C)c1nnc(N2CCC(C(=O)O)C2)s1. The molecule has 1 aliphatic heterocycles. The Morgan fingerprint density at radius 3 is 2.65 bits per heavy atom. The highest BCUT2D eigenvalue weighted by Gasteiger charge is 2.30.